The van der Waals surface area contributed by atoms with Crippen molar-refractivity contribution < 1.29 is 9.66 Å². The molecule has 0 aliphatic carbocycles. The van der Waals surface area contributed by atoms with Gasteiger partial charge in [0.2, 0.25) is 0 Å². The summed E-state index contributed by atoms with van der Waals surface area (Å²) in [5, 5.41) is 11.3. The van der Waals surface area contributed by atoms with Gasteiger partial charge in [0.1, 0.15) is 11.4 Å². The molecule has 0 unspecified atom stereocenters. The molecule has 0 radical (unpaired) electrons. The second-order valence-corrected chi connectivity index (χ2v) is 6.45. The zero-order chi connectivity index (χ0) is 15.1. The number of nitrogens with two attached hydrogens (primary N) is 1. The minimum atomic E-state index is -0.417. The van der Waals surface area contributed by atoms with Crippen molar-refractivity contribution in [1.82, 2.24) is 0 Å². The smallest absolute Gasteiger partial charge is 0.315 e. The van der Waals surface area contributed by atoms with Gasteiger partial charge in [0, 0.05) is 13.1 Å². The molecule has 2 N–H and O–H groups in total. The van der Waals surface area contributed by atoms with Crippen LogP contribution in [0.5, 0.6) is 0 Å². The molecule has 1 heterocycles. The average Bonchev–Trinajstić information content (AvgIpc) is 2.23. The van der Waals surface area contributed by atoms with Crippen molar-refractivity contribution in [2.45, 2.75) is 38.9 Å². The first-order valence-electron chi connectivity index (χ1n) is 6.59. The van der Waals surface area contributed by atoms with E-state index in [1.807, 2.05) is 32.6 Å². The highest BCUT2D eigenvalue weighted by molar-refractivity contribution is 5.75. The number of nitrogen functional groups attached to an aromatic ring is 1. The van der Waals surface area contributed by atoms with Crippen LogP contribution in [0.2, 0.25) is 0 Å². The number of nitro benzene ring substituents is 1. The number of morpholine rings is 1. The first-order valence-corrected chi connectivity index (χ1v) is 6.59. The van der Waals surface area contributed by atoms with Crippen LogP contribution in [0.1, 0.15) is 27.7 Å². The Labute approximate surface area is 118 Å². The van der Waals surface area contributed by atoms with E-state index in [1.165, 1.54) is 0 Å². The molecular weight excluding hydrogens is 258 g/mol. The second kappa shape index (κ2) is 4.63. The molecule has 1 fully saturated rings. The van der Waals surface area contributed by atoms with E-state index in [0.717, 1.165) is 0 Å². The van der Waals surface area contributed by atoms with E-state index in [-0.39, 0.29) is 22.6 Å². The number of hydrogen-bond acceptors (Lipinski definition) is 5. The molecule has 1 saturated heterocycles. The normalized spacial score (nSPS) is 20.7. The Morgan fingerprint density at radius 1 is 1.25 bits per heavy atom. The van der Waals surface area contributed by atoms with Crippen molar-refractivity contribution in [3.8, 4) is 0 Å². The van der Waals surface area contributed by atoms with Crippen molar-refractivity contribution in [1.29, 1.82) is 0 Å². The fraction of sp³-hybridized carbons (Fsp3) is 0.571. The molecule has 0 spiro atoms. The summed E-state index contributed by atoms with van der Waals surface area (Å²) in [6.45, 7) is 9.11. The van der Waals surface area contributed by atoms with E-state index >= 15 is 0 Å². The second-order valence-electron chi connectivity index (χ2n) is 6.45. The summed E-state index contributed by atoms with van der Waals surface area (Å²) in [5.74, 6) is 0. The molecule has 6 nitrogen and oxygen atoms in total. The number of nitrogens with zero attached hydrogens (tertiary/aromatic N) is 2. The van der Waals surface area contributed by atoms with E-state index < -0.39 is 4.92 Å². The number of anilines is 2. The largest absolute Gasteiger partial charge is 0.393 e. The van der Waals surface area contributed by atoms with Gasteiger partial charge in [-0.2, -0.15) is 0 Å². The molecule has 2 rings (SSSR count). The maximum atomic E-state index is 11.3. The van der Waals surface area contributed by atoms with Gasteiger partial charge in [0.05, 0.1) is 16.1 Å². The number of para-hydroxylation sites is 1. The van der Waals surface area contributed by atoms with Gasteiger partial charge in [0.15, 0.2) is 0 Å². The van der Waals surface area contributed by atoms with E-state index in [9.17, 15) is 10.1 Å². The molecule has 0 saturated carbocycles. The maximum Gasteiger partial charge on any atom is 0.315 e. The van der Waals surface area contributed by atoms with Crippen LogP contribution in [0.15, 0.2) is 18.2 Å². The predicted molar refractivity (Wildman–Crippen MR) is 79.0 cm³/mol. The number of rotatable bonds is 2. The van der Waals surface area contributed by atoms with Crippen molar-refractivity contribution in [2.75, 3.05) is 23.7 Å². The van der Waals surface area contributed by atoms with Crippen LogP contribution in [0.25, 0.3) is 0 Å². The fourth-order valence-corrected chi connectivity index (χ4v) is 2.96. The number of ether oxygens (including phenoxy) is 1. The lowest BCUT2D eigenvalue weighted by atomic mass is 9.98. The summed E-state index contributed by atoms with van der Waals surface area (Å²) in [7, 11) is 0. The molecule has 20 heavy (non-hydrogen) atoms. The van der Waals surface area contributed by atoms with Crippen molar-refractivity contribution in [3.63, 3.8) is 0 Å². The van der Waals surface area contributed by atoms with Crippen LogP contribution in [0, 0.1) is 10.1 Å². The Balaban J connectivity index is 2.46. The highest BCUT2D eigenvalue weighted by Gasteiger charge is 2.40. The molecule has 0 bridgehead atoms. The van der Waals surface area contributed by atoms with E-state index in [4.69, 9.17) is 10.5 Å². The lowest BCUT2D eigenvalue weighted by Gasteiger charge is -2.47. The third-order valence-electron chi connectivity index (χ3n) is 3.27. The quantitative estimate of drug-likeness (QED) is 0.511. The van der Waals surface area contributed by atoms with Crippen LogP contribution in [0.3, 0.4) is 0 Å². The Kier molecular flexibility index (Phi) is 3.37. The monoisotopic (exact) mass is 279 g/mol. The van der Waals surface area contributed by atoms with Crippen molar-refractivity contribution in [3.05, 3.63) is 28.3 Å². The molecule has 0 amide bonds. The molecule has 1 aliphatic rings. The lowest BCUT2D eigenvalue weighted by Crippen LogP contribution is -2.57. The van der Waals surface area contributed by atoms with Crippen molar-refractivity contribution >= 4 is 17.1 Å². The summed E-state index contributed by atoms with van der Waals surface area (Å²) in [6.07, 6.45) is 0. The summed E-state index contributed by atoms with van der Waals surface area (Å²) in [4.78, 5) is 12.8. The van der Waals surface area contributed by atoms with Gasteiger partial charge in [0.25, 0.3) is 0 Å². The van der Waals surface area contributed by atoms with Gasteiger partial charge in [-0.3, -0.25) is 10.1 Å². The highest BCUT2D eigenvalue weighted by Crippen LogP contribution is 2.38. The maximum absolute atomic E-state index is 11.3. The van der Waals surface area contributed by atoms with E-state index in [1.54, 1.807) is 18.2 Å². The first kappa shape index (κ1) is 14.6. The van der Waals surface area contributed by atoms with Crippen LogP contribution in [-0.2, 0) is 4.74 Å². The van der Waals surface area contributed by atoms with Crippen molar-refractivity contribution in [2.24, 2.45) is 0 Å². The topological polar surface area (TPSA) is 81.6 Å². The van der Waals surface area contributed by atoms with Gasteiger partial charge in [-0.1, -0.05) is 6.07 Å². The minimum absolute atomic E-state index is 0.0269. The lowest BCUT2D eigenvalue weighted by molar-refractivity contribution is -0.383. The van der Waals surface area contributed by atoms with Crippen LogP contribution in [-0.4, -0.2) is 29.2 Å². The fourth-order valence-electron chi connectivity index (χ4n) is 2.96. The summed E-state index contributed by atoms with van der Waals surface area (Å²) < 4.78 is 6.00. The SMILES string of the molecule is CC1(C)CN(c2cccc(N)c2[N+](=O)[O-])CC(C)(C)O1. The summed E-state index contributed by atoms with van der Waals surface area (Å²) >= 11 is 0. The third kappa shape index (κ3) is 2.85. The molecule has 0 aromatic heterocycles. The summed E-state index contributed by atoms with van der Waals surface area (Å²) in [6, 6.07) is 5.04. The molecule has 6 heteroatoms. The first-order chi connectivity index (χ1) is 9.11. The van der Waals surface area contributed by atoms with Gasteiger partial charge in [-0.05, 0) is 39.8 Å². The molecule has 1 aromatic rings. The average molecular weight is 279 g/mol. The van der Waals surface area contributed by atoms with E-state index in [2.05, 4.69) is 0 Å². The molecule has 1 aromatic carbocycles. The highest BCUT2D eigenvalue weighted by atomic mass is 16.6. The Bertz CT molecular complexity index is 524. The molecular formula is C14H21N3O3. The standard InChI is InChI=1S/C14H21N3O3/c1-13(2)8-16(9-14(3,4)20-13)11-7-5-6-10(15)12(11)17(18)19/h5-7H,8-9,15H2,1-4H3. The van der Waals surface area contributed by atoms with Gasteiger partial charge >= 0.3 is 5.69 Å². The zero-order valence-electron chi connectivity index (χ0n) is 12.3. The van der Waals surface area contributed by atoms with Crippen LogP contribution < -0.4 is 10.6 Å². The zero-order valence-corrected chi connectivity index (χ0v) is 12.3. The van der Waals surface area contributed by atoms with Gasteiger partial charge < -0.3 is 15.4 Å². The number of hydrogen-bond donors (Lipinski definition) is 1. The number of benzene rings is 1. The Morgan fingerprint density at radius 3 is 2.30 bits per heavy atom. The van der Waals surface area contributed by atoms with Crippen LogP contribution >= 0.6 is 0 Å². The molecule has 110 valence electrons. The Hall–Kier alpha value is -1.82. The predicted octanol–water partition coefficient (Wildman–Crippen LogP) is 2.57. The van der Waals surface area contributed by atoms with Gasteiger partial charge in [-0.25, -0.2) is 0 Å². The minimum Gasteiger partial charge on any atom is -0.393 e. The van der Waals surface area contributed by atoms with E-state index in [0.29, 0.717) is 18.8 Å². The molecule has 0 atom stereocenters. The summed E-state index contributed by atoms with van der Waals surface area (Å²) in [5.41, 5.74) is 5.73. The third-order valence-corrected chi connectivity index (χ3v) is 3.27. The Morgan fingerprint density at radius 2 is 1.80 bits per heavy atom. The molecule has 1 aliphatic heterocycles. The number of nitro groups is 1. The van der Waals surface area contributed by atoms with Crippen LogP contribution in [0.4, 0.5) is 17.1 Å². The van der Waals surface area contributed by atoms with Gasteiger partial charge in [-0.15, -0.1) is 0 Å².